The fourth-order valence-corrected chi connectivity index (χ4v) is 2.06. The van der Waals surface area contributed by atoms with E-state index >= 15 is 0 Å². The Bertz CT molecular complexity index is 686. The van der Waals surface area contributed by atoms with Crippen LogP contribution in [0.2, 0.25) is 0 Å². The van der Waals surface area contributed by atoms with E-state index < -0.39 is 6.10 Å². The van der Waals surface area contributed by atoms with E-state index in [4.69, 9.17) is 9.47 Å². The van der Waals surface area contributed by atoms with Crippen LogP contribution in [0.5, 0.6) is 11.5 Å². The van der Waals surface area contributed by atoms with Gasteiger partial charge in [-0.25, -0.2) is 5.43 Å². The Hall–Kier alpha value is -2.34. The number of carbonyl (C=O) groups excluding carboxylic acids is 1. The Labute approximate surface area is 143 Å². The molecule has 120 valence electrons. The zero-order chi connectivity index (χ0) is 16.7. The summed E-state index contributed by atoms with van der Waals surface area (Å²) in [7, 11) is 1.58. The Morgan fingerprint density at radius 3 is 2.61 bits per heavy atom. The Balaban J connectivity index is 1.90. The van der Waals surface area contributed by atoms with Gasteiger partial charge in [-0.2, -0.15) is 5.10 Å². The quantitative estimate of drug-likeness (QED) is 0.620. The highest BCUT2D eigenvalue weighted by Crippen LogP contribution is 2.17. The van der Waals surface area contributed by atoms with Crippen LogP contribution in [0.4, 0.5) is 0 Å². The number of carbonyl (C=O) groups is 1. The average molecular weight is 377 g/mol. The molecule has 0 radical (unpaired) electrons. The summed E-state index contributed by atoms with van der Waals surface area (Å²) >= 11 is 3.34. The maximum Gasteiger partial charge on any atom is 0.280 e. The van der Waals surface area contributed by atoms with Crippen LogP contribution in [-0.2, 0) is 4.79 Å². The first-order valence-corrected chi connectivity index (χ1v) is 7.77. The van der Waals surface area contributed by atoms with Crippen molar-refractivity contribution in [2.24, 2.45) is 5.10 Å². The number of hydrazone groups is 1. The van der Waals surface area contributed by atoms with Crippen molar-refractivity contribution in [1.29, 1.82) is 0 Å². The van der Waals surface area contributed by atoms with Gasteiger partial charge in [-0.1, -0.05) is 28.1 Å². The number of benzene rings is 2. The number of nitrogens with one attached hydrogen (secondary N) is 1. The molecule has 0 bridgehead atoms. The third kappa shape index (κ3) is 5.10. The predicted octanol–water partition coefficient (Wildman–Crippen LogP) is 3.38. The van der Waals surface area contributed by atoms with Gasteiger partial charge in [-0.3, -0.25) is 4.79 Å². The minimum atomic E-state index is -0.661. The lowest BCUT2D eigenvalue weighted by Crippen LogP contribution is -2.33. The first-order valence-electron chi connectivity index (χ1n) is 6.98. The zero-order valence-electron chi connectivity index (χ0n) is 12.8. The molecule has 1 amide bonds. The van der Waals surface area contributed by atoms with E-state index in [2.05, 4.69) is 26.5 Å². The van der Waals surface area contributed by atoms with Crippen LogP contribution in [0.1, 0.15) is 12.5 Å². The van der Waals surface area contributed by atoms with Crippen LogP contribution in [0.15, 0.2) is 58.1 Å². The number of methoxy groups -OCH3 is 1. The van der Waals surface area contributed by atoms with E-state index in [1.54, 1.807) is 26.2 Å². The zero-order valence-corrected chi connectivity index (χ0v) is 14.4. The van der Waals surface area contributed by atoms with Crippen molar-refractivity contribution in [3.05, 3.63) is 58.6 Å². The smallest absolute Gasteiger partial charge is 0.280 e. The third-order valence-corrected chi connectivity index (χ3v) is 3.54. The first kappa shape index (κ1) is 17.0. The molecule has 0 heterocycles. The maximum absolute atomic E-state index is 12.0. The second-order valence-corrected chi connectivity index (χ2v) is 5.61. The second-order valence-electron chi connectivity index (χ2n) is 4.69. The maximum atomic E-state index is 12.0. The molecular weight excluding hydrogens is 360 g/mol. The van der Waals surface area contributed by atoms with Gasteiger partial charge in [-0.05, 0) is 43.3 Å². The van der Waals surface area contributed by atoms with Gasteiger partial charge in [-0.15, -0.1) is 0 Å². The molecule has 0 aromatic heterocycles. The number of halogens is 1. The van der Waals surface area contributed by atoms with Crippen LogP contribution in [0, 0.1) is 0 Å². The number of hydrogen-bond donors (Lipinski definition) is 1. The summed E-state index contributed by atoms with van der Waals surface area (Å²) in [5.41, 5.74) is 3.23. The summed E-state index contributed by atoms with van der Waals surface area (Å²) in [5.74, 6) is 0.966. The molecule has 5 nitrogen and oxygen atoms in total. The average Bonchev–Trinajstić information content (AvgIpc) is 2.57. The summed E-state index contributed by atoms with van der Waals surface area (Å²) in [5, 5.41) is 3.93. The Morgan fingerprint density at radius 2 is 1.91 bits per heavy atom. The predicted molar refractivity (Wildman–Crippen MR) is 93.0 cm³/mol. The molecule has 0 saturated carbocycles. The lowest BCUT2D eigenvalue weighted by Gasteiger charge is -2.12. The number of hydrogen-bond acceptors (Lipinski definition) is 4. The molecule has 1 N–H and O–H groups in total. The largest absolute Gasteiger partial charge is 0.496 e. The van der Waals surface area contributed by atoms with E-state index in [1.807, 2.05) is 36.4 Å². The summed E-state index contributed by atoms with van der Waals surface area (Å²) in [6, 6.07) is 14.7. The molecule has 0 saturated heterocycles. The van der Waals surface area contributed by atoms with Crippen LogP contribution in [0.25, 0.3) is 0 Å². The van der Waals surface area contributed by atoms with Crippen molar-refractivity contribution >= 4 is 28.1 Å². The summed E-state index contributed by atoms with van der Waals surface area (Å²) in [6.45, 7) is 1.66. The van der Waals surface area contributed by atoms with Gasteiger partial charge >= 0.3 is 0 Å². The molecule has 2 aromatic rings. The normalized spacial score (nSPS) is 12.0. The van der Waals surface area contributed by atoms with Crippen molar-refractivity contribution < 1.29 is 14.3 Å². The first-order chi connectivity index (χ1) is 11.1. The molecule has 6 heteroatoms. The lowest BCUT2D eigenvalue weighted by atomic mass is 10.2. The van der Waals surface area contributed by atoms with E-state index in [0.717, 1.165) is 10.0 Å². The van der Waals surface area contributed by atoms with Crippen molar-refractivity contribution in [3.8, 4) is 11.5 Å². The molecule has 23 heavy (non-hydrogen) atoms. The fraction of sp³-hybridized carbons (Fsp3) is 0.176. The SMILES string of the molecule is COc1ccccc1/C=N/NC(=O)C(C)Oc1ccc(Br)cc1. The van der Waals surface area contributed by atoms with Crippen LogP contribution in [-0.4, -0.2) is 25.3 Å². The molecular formula is C17H17BrN2O3. The van der Waals surface area contributed by atoms with Gasteiger partial charge in [0.05, 0.1) is 13.3 Å². The standard InChI is InChI=1S/C17H17BrN2O3/c1-12(23-15-9-7-14(18)8-10-15)17(21)20-19-11-13-5-3-4-6-16(13)22-2/h3-12H,1-2H3,(H,20,21)/b19-11+. The summed E-state index contributed by atoms with van der Waals surface area (Å²) in [4.78, 5) is 12.0. The molecule has 0 aliphatic heterocycles. The van der Waals surface area contributed by atoms with Gasteiger partial charge in [0.15, 0.2) is 6.10 Å². The van der Waals surface area contributed by atoms with Crippen molar-refractivity contribution in [2.45, 2.75) is 13.0 Å². The summed E-state index contributed by atoms with van der Waals surface area (Å²) < 4.78 is 11.7. The van der Waals surface area contributed by atoms with Gasteiger partial charge in [0.1, 0.15) is 11.5 Å². The molecule has 0 spiro atoms. The number of nitrogens with zero attached hydrogens (tertiary/aromatic N) is 1. The highest BCUT2D eigenvalue weighted by molar-refractivity contribution is 9.10. The van der Waals surface area contributed by atoms with Crippen LogP contribution >= 0.6 is 15.9 Å². The van der Waals surface area contributed by atoms with E-state index in [0.29, 0.717) is 11.5 Å². The molecule has 0 fully saturated rings. The van der Waals surface area contributed by atoms with E-state index in [-0.39, 0.29) is 5.91 Å². The van der Waals surface area contributed by atoms with Gasteiger partial charge < -0.3 is 9.47 Å². The Kier molecular flexibility index (Phi) is 6.17. The molecule has 2 rings (SSSR count). The van der Waals surface area contributed by atoms with Gasteiger partial charge in [0, 0.05) is 10.0 Å². The number of amides is 1. The number of para-hydroxylation sites is 1. The van der Waals surface area contributed by atoms with E-state index in [9.17, 15) is 4.79 Å². The van der Waals surface area contributed by atoms with Crippen molar-refractivity contribution in [2.75, 3.05) is 7.11 Å². The third-order valence-electron chi connectivity index (χ3n) is 3.01. The molecule has 1 unspecified atom stereocenters. The molecule has 0 aliphatic rings. The highest BCUT2D eigenvalue weighted by atomic mass is 79.9. The van der Waals surface area contributed by atoms with Gasteiger partial charge in [0.25, 0.3) is 5.91 Å². The van der Waals surface area contributed by atoms with Gasteiger partial charge in [0.2, 0.25) is 0 Å². The molecule has 0 aliphatic carbocycles. The number of ether oxygens (including phenoxy) is 2. The highest BCUT2D eigenvalue weighted by Gasteiger charge is 2.13. The van der Waals surface area contributed by atoms with Crippen molar-refractivity contribution in [3.63, 3.8) is 0 Å². The second kappa shape index (κ2) is 8.33. The Morgan fingerprint density at radius 1 is 1.22 bits per heavy atom. The monoisotopic (exact) mass is 376 g/mol. The lowest BCUT2D eigenvalue weighted by molar-refractivity contribution is -0.127. The van der Waals surface area contributed by atoms with Crippen LogP contribution < -0.4 is 14.9 Å². The van der Waals surface area contributed by atoms with E-state index in [1.165, 1.54) is 6.21 Å². The fourth-order valence-electron chi connectivity index (χ4n) is 1.80. The summed E-state index contributed by atoms with van der Waals surface area (Å²) in [6.07, 6.45) is 0.870. The molecule has 1 atom stereocenters. The topological polar surface area (TPSA) is 59.9 Å². The minimum Gasteiger partial charge on any atom is -0.496 e. The van der Waals surface area contributed by atoms with Crippen LogP contribution in [0.3, 0.4) is 0 Å². The van der Waals surface area contributed by atoms with Crippen molar-refractivity contribution in [1.82, 2.24) is 5.43 Å². The minimum absolute atomic E-state index is 0.334. The number of rotatable bonds is 6. The molecule has 2 aromatic carbocycles.